The average molecular weight is 586 g/mol. The lowest BCUT2D eigenvalue weighted by atomic mass is 9.96. The van der Waals surface area contributed by atoms with Crippen molar-refractivity contribution in [2.24, 2.45) is 0 Å². The molecule has 0 aliphatic carbocycles. The van der Waals surface area contributed by atoms with Gasteiger partial charge in [-0.15, -0.1) is 0 Å². The van der Waals surface area contributed by atoms with Gasteiger partial charge in [-0.2, -0.15) is 4.98 Å². The van der Waals surface area contributed by atoms with E-state index in [1.807, 2.05) is 71.1 Å². The largest absolute Gasteiger partial charge is 0.383 e. The van der Waals surface area contributed by atoms with Gasteiger partial charge >= 0.3 is 11.8 Å². The lowest BCUT2D eigenvalue weighted by molar-refractivity contribution is 0.0895. The smallest absolute Gasteiger partial charge is 0.315 e. The Morgan fingerprint density at radius 2 is 2.00 bits per heavy atom. The Bertz CT molecular complexity index is 1550. The van der Waals surface area contributed by atoms with Gasteiger partial charge in [-0.3, -0.25) is 4.79 Å². The van der Waals surface area contributed by atoms with Gasteiger partial charge in [0.15, 0.2) is 5.82 Å². The summed E-state index contributed by atoms with van der Waals surface area (Å²) in [6.07, 6.45) is 3.41. The van der Waals surface area contributed by atoms with Crippen LogP contribution in [0.1, 0.15) is 61.4 Å². The second kappa shape index (κ2) is 12.8. The molecule has 1 aliphatic heterocycles. The van der Waals surface area contributed by atoms with Crippen LogP contribution in [0.4, 0.5) is 17.3 Å². The molecule has 0 unspecified atom stereocenters. The molecule has 0 spiro atoms. The van der Waals surface area contributed by atoms with Gasteiger partial charge in [0.05, 0.1) is 36.3 Å². The maximum absolute atomic E-state index is 12.7. The number of anilines is 3. The minimum Gasteiger partial charge on any atom is -0.383 e. The summed E-state index contributed by atoms with van der Waals surface area (Å²) in [5, 5.41) is 13.6. The van der Waals surface area contributed by atoms with Crippen LogP contribution in [0.5, 0.6) is 0 Å². The summed E-state index contributed by atoms with van der Waals surface area (Å²) >= 11 is 0. The number of pyridine rings is 1. The molecule has 1 aromatic carbocycles. The Labute approximate surface area is 251 Å². The van der Waals surface area contributed by atoms with Gasteiger partial charge in [0.25, 0.3) is 0 Å². The number of benzene rings is 1. The molecule has 4 aromatic rings. The molecule has 3 N–H and O–H groups in total. The van der Waals surface area contributed by atoms with Gasteiger partial charge in [0.2, 0.25) is 0 Å². The molecule has 1 fully saturated rings. The van der Waals surface area contributed by atoms with Gasteiger partial charge in [-0.25, -0.2) is 15.0 Å². The predicted octanol–water partition coefficient (Wildman–Crippen LogP) is 4.19. The van der Waals surface area contributed by atoms with Gasteiger partial charge < -0.3 is 30.1 Å². The summed E-state index contributed by atoms with van der Waals surface area (Å²) < 4.78 is 10.6. The van der Waals surface area contributed by atoms with Crippen molar-refractivity contribution in [2.45, 2.75) is 52.1 Å². The Kier molecular flexibility index (Phi) is 8.97. The first-order valence-electron chi connectivity index (χ1n) is 14.4. The molecule has 2 atom stereocenters. The monoisotopic (exact) mass is 585 g/mol. The molecule has 12 heteroatoms. The maximum atomic E-state index is 12.7. The first-order valence-corrected chi connectivity index (χ1v) is 14.4. The number of hydrogen-bond acceptors (Lipinski definition) is 11. The van der Waals surface area contributed by atoms with Gasteiger partial charge in [0.1, 0.15) is 18.0 Å². The highest BCUT2D eigenvalue weighted by molar-refractivity contribution is 5.89. The first kappa shape index (κ1) is 30.1. The van der Waals surface area contributed by atoms with Crippen molar-refractivity contribution in [2.75, 3.05) is 43.6 Å². The fourth-order valence-electron chi connectivity index (χ4n) is 5.06. The molecule has 43 heavy (non-hydrogen) atoms. The van der Waals surface area contributed by atoms with E-state index in [0.717, 1.165) is 47.7 Å². The number of amides is 1. The van der Waals surface area contributed by atoms with Crippen LogP contribution >= 0.6 is 0 Å². The zero-order valence-electron chi connectivity index (χ0n) is 25.5. The quantitative estimate of drug-likeness (QED) is 0.260. The normalized spacial score (nSPS) is 16.1. The highest BCUT2D eigenvalue weighted by Crippen LogP contribution is 2.27. The fourth-order valence-corrected chi connectivity index (χ4v) is 5.06. The van der Waals surface area contributed by atoms with Crippen molar-refractivity contribution in [3.63, 3.8) is 0 Å². The van der Waals surface area contributed by atoms with E-state index in [-0.39, 0.29) is 23.4 Å². The van der Waals surface area contributed by atoms with Crippen LogP contribution in [-0.4, -0.2) is 70.4 Å². The van der Waals surface area contributed by atoms with Crippen LogP contribution in [-0.2, 0) is 10.2 Å². The summed E-state index contributed by atoms with van der Waals surface area (Å²) in [7, 11) is 1.73. The van der Waals surface area contributed by atoms with E-state index < -0.39 is 5.91 Å². The van der Waals surface area contributed by atoms with Crippen LogP contribution in [0.15, 0.2) is 53.4 Å². The highest BCUT2D eigenvalue weighted by atomic mass is 16.5. The Hall–Kier alpha value is -4.42. The molecule has 5 rings (SSSR count). The van der Waals surface area contributed by atoms with Gasteiger partial charge in [-0.1, -0.05) is 38.1 Å². The first-order chi connectivity index (χ1) is 20.6. The van der Waals surface area contributed by atoms with Crippen molar-refractivity contribution in [3.05, 3.63) is 71.8 Å². The lowest BCUT2D eigenvalue weighted by Crippen LogP contribution is -2.53. The Morgan fingerprint density at radius 1 is 1.16 bits per heavy atom. The van der Waals surface area contributed by atoms with Crippen molar-refractivity contribution < 1.29 is 14.1 Å². The molecule has 3 aromatic heterocycles. The molecule has 4 heterocycles. The summed E-state index contributed by atoms with van der Waals surface area (Å²) in [5.41, 5.74) is 4.44. The number of nitrogens with zero attached hydrogens (tertiary/aromatic N) is 6. The van der Waals surface area contributed by atoms with E-state index in [4.69, 9.17) is 9.26 Å². The number of piperazine rings is 1. The molecule has 1 saturated heterocycles. The number of rotatable bonds is 9. The molecule has 0 saturated carbocycles. The van der Waals surface area contributed by atoms with E-state index >= 15 is 0 Å². The van der Waals surface area contributed by atoms with Crippen LogP contribution in [0.2, 0.25) is 0 Å². The Balaban J connectivity index is 1.24. The van der Waals surface area contributed by atoms with E-state index in [1.165, 1.54) is 6.33 Å². The van der Waals surface area contributed by atoms with Crippen LogP contribution in [0.25, 0.3) is 11.3 Å². The number of aryl methyl sites for hydroxylation is 1. The van der Waals surface area contributed by atoms with Crippen molar-refractivity contribution in [1.82, 2.24) is 35.7 Å². The number of hydrogen-bond donors (Lipinski definition) is 3. The molecule has 0 bridgehead atoms. The summed E-state index contributed by atoms with van der Waals surface area (Å²) in [4.78, 5) is 32.8. The molecular weight excluding hydrogens is 546 g/mol. The topological polar surface area (TPSA) is 143 Å². The standard InChI is InChI=1S/C31H39N9O3/c1-19-13-21(7-9-24(19)20(2)36-28(41)29-38-30(39-43-29)31(3,4)5)25-14-27(35-18-34-25)37-26-10-8-22(16-33-26)40-12-11-32-15-23(40)17-42-6/h7-10,13-14,16,18,20,23,32H,11-12,15,17H2,1-6H3,(H,36,41)(H,33,34,35,37)/t20-,23-/m1/s1. The van der Waals surface area contributed by atoms with Crippen molar-refractivity contribution in [1.29, 1.82) is 0 Å². The summed E-state index contributed by atoms with van der Waals surface area (Å²) in [5.74, 6) is 1.37. The third-order valence-electron chi connectivity index (χ3n) is 7.38. The number of carbonyl (C=O) groups is 1. The zero-order valence-corrected chi connectivity index (χ0v) is 25.5. The minimum atomic E-state index is -0.408. The fraction of sp³-hybridized carbons (Fsp3) is 0.419. The van der Waals surface area contributed by atoms with Crippen LogP contribution in [0, 0.1) is 6.92 Å². The van der Waals surface area contributed by atoms with E-state index in [1.54, 1.807) is 7.11 Å². The average Bonchev–Trinajstić information content (AvgIpc) is 3.50. The second-order valence-corrected chi connectivity index (χ2v) is 11.8. The lowest BCUT2D eigenvalue weighted by Gasteiger charge is -2.37. The zero-order chi connectivity index (χ0) is 30.6. The molecule has 1 aliphatic rings. The predicted molar refractivity (Wildman–Crippen MR) is 164 cm³/mol. The second-order valence-electron chi connectivity index (χ2n) is 11.8. The van der Waals surface area contributed by atoms with E-state index in [2.05, 4.69) is 52.0 Å². The molecular formula is C31H39N9O3. The van der Waals surface area contributed by atoms with Crippen LogP contribution < -0.4 is 20.9 Å². The maximum Gasteiger partial charge on any atom is 0.315 e. The summed E-state index contributed by atoms with van der Waals surface area (Å²) in [6, 6.07) is 11.9. The van der Waals surface area contributed by atoms with Crippen molar-refractivity contribution >= 4 is 23.2 Å². The number of nitrogens with one attached hydrogen (secondary N) is 3. The molecule has 226 valence electrons. The van der Waals surface area contributed by atoms with E-state index in [0.29, 0.717) is 24.1 Å². The van der Waals surface area contributed by atoms with Gasteiger partial charge in [0, 0.05) is 43.8 Å². The number of methoxy groups -OCH3 is 1. The summed E-state index contributed by atoms with van der Waals surface area (Å²) in [6.45, 7) is 13.2. The van der Waals surface area contributed by atoms with Crippen molar-refractivity contribution in [3.8, 4) is 11.3 Å². The molecule has 12 nitrogen and oxygen atoms in total. The number of ether oxygens (including phenoxy) is 1. The molecule has 0 radical (unpaired) electrons. The SMILES string of the molecule is COC[C@H]1CNCCN1c1ccc(Nc2cc(-c3ccc([C@@H](C)NC(=O)c4nc(C(C)(C)C)no4)c(C)c3)ncn2)nc1. The number of carbonyl (C=O) groups excluding carboxylic acids is 1. The van der Waals surface area contributed by atoms with Gasteiger partial charge in [-0.05, 0) is 43.2 Å². The third kappa shape index (κ3) is 7.15. The highest BCUT2D eigenvalue weighted by Gasteiger charge is 2.25. The third-order valence-corrected chi connectivity index (χ3v) is 7.38. The molecule has 1 amide bonds. The van der Waals surface area contributed by atoms with E-state index in [9.17, 15) is 4.79 Å². The minimum absolute atomic E-state index is 0.0460. The Morgan fingerprint density at radius 3 is 2.70 bits per heavy atom. The number of aromatic nitrogens is 5. The van der Waals surface area contributed by atoms with Crippen LogP contribution in [0.3, 0.4) is 0 Å².